The van der Waals surface area contributed by atoms with Crippen LogP contribution in [0.4, 0.5) is 51.6 Å². The molecular formula is C52H64N12O6. The quantitative estimate of drug-likeness (QED) is 0.0412. The molecule has 3 aromatic heterocycles. The van der Waals surface area contributed by atoms with Gasteiger partial charge in [-0.2, -0.15) is 15.3 Å². The summed E-state index contributed by atoms with van der Waals surface area (Å²) in [6.07, 6.45) is 0.0641. The number of pyridine rings is 3. The van der Waals surface area contributed by atoms with Crippen LogP contribution in [0.2, 0.25) is 0 Å². The van der Waals surface area contributed by atoms with Crippen LogP contribution in [0.5, 0.6) is 0 Å². The molecule has 0 bridgehead atoms. The van der Waals surface area contributed by atoms with Crippen molar-refractivity contribution in [3.05, 3.63) is 144 Å². The lowest BCUT2D eigenvalue weighted by molar-refractivity contribution is -0.144. The molecule has 0 aliphatic carbocycles. The highest BCUT2D eigenvalue weighted by Gasteiger charge is 2.16. The van der Waals surface area contributed by atoms with Gasteiger partial charge in [0.15, 0.2) is 11.6 Å². The minimum absolute atomic E-state index is 0. The van der Waals surface area contributed by atoms with Crippen molar-refractivity contribution in [1.29, 1.82) is 0 Å². The number of nitrogens with two attached hydrogens (primary N) is 3. The molecule has 6 aromatic rings. The molecule has 0 saturated heterocycles. The molecule has 0 fully saturated rings. The van der Waals surface area contributed by atoms with Crippen molar-refractivity contribution in [2.75, 3.05) is 37.0 Å². The molecule has 0 aliphatic heterocycles. The summed E-state index contributed by atoms with van der Waals surface area (Å²) in [6.45, 7) is 12.9. The third-order valence-electron chi connectivity index (χ3n) is 8.68. The van der Waals surface area contributed by atoms with Gasteiger partial charge in [0.1, 0.15) is 22.9 Å². The maximum atomic E-state index is 12.2. The summed E-state index contributed by atoms with van der Waals surface area (Å²) in [5.74, 6) is 0.613. The van der Waals surface area contributed by atoms with Gasteiger partial charge in [0.05, 0.1) is 73.2 Å². The van der Waals surface area contributed by atoms with E-state index in [1.807, 2.05) is 133 Å². The summed E-state index contributed by atoms with van der Waals surface area (Å²) in [5.41, 5.74) is 22.1. The Morgan fingerprint density at radius 1 is 0.429 bits per heavy atom. The van der Waals surface area contributed by atoms with Gasteiger partial charge in [-0.05, 0) is 90.6 Å². The number of carbonyl (C=O) groups excluding carboxylic acids is 3. The van der Waals surface area contributed by atoms with E-state index in [1.54, 1.807) is 36.4 Å². The summed E-state index contributed by atoms with van der Waals surface area (Å²) in [5, 5.41) is 24.6. The number of anilines is 3. The highest BCUT2D eigenvalue weighted by Crippen LogP contribution is 2.26. The van der Waals surface area contributed by atoms with Gasteiger partial charge >= 0.3 is 17.9 Å². The van der Waals surface area contributed by atoms with E-state index in [2.05, 4.69) is 45.6 Å². The van der Waals surface area contributed by atoms with Crippen molar-refractivity contribution in [2.24, 2.45) is 48.4 Å². The smallest absolute Gasteiger partial charge is 0.311 e. The van der Waals surface area contributed by atoms with E-state index in [0.29, 0.717) is 71.4 Å². The van der Waals surface area contributed by atoms with Crippen molar-refractivity contribution in [2.45, 2.75) is 68.2 Å². The van der Waals surface area contributed by atoms with Crippen LogP contribution in [0.3, 0.4) is 0 Å². The van der Waals surface area contributed by atoms with E-state index in [0.717, 1.165) is 11.4 Å². The highest BCUT2D eigenvalue weighted by atomic mass is 16.5. The van der Waals surface area contributed by atoms with E-state index in [9.17, 15) is 14.4 Å². The topological polar surface area (TPSA) is 270 Å². The van der Waals surface area contributed by atoms with Gasteiger partial charge in [-0.1, -0.05) is 104 Å². The predicted octanol–water partition coefficient (Wildman–Crippen LogP) is 12.1. The van der Waals surface area contributed by atoms with E-state index >= 15 is 0 Å². The monoisotopic (exact) mass is 953 g/mol. The van der Waals surface area contributed by atoms with Crippen LogP contribution in [-0.2, 0) is 47.9 Å². The fourth-order valence-corrected chi connectivity index (χ4v) is 5.30. The number of nitrogen functional groups attached to an aromatic ring is 3. The maximum Gasteiger partial charge on any atom is 0.311 e. The molecule has 3 aromatic carbocycles. The zero-order valence-electron chi connectivity index (χ0n) is 39.8. The van der Waals surface area contributed by atoms with Crippen LogP contribution < -0.4 is 17.2 Å². The van der Waals surface area contributed by atoms with Crippen LogP contribution >= 0.6 is 0 Å². The van der Waals surface area contributed by atoms with Crippen LogP contribution in [0.25, 0.3) is 0 Å². The zero-order valence-corrected chi connectivity index (χ0v) is 39.8. The molecule has 0 spiro atoms. The number of benzene rings is 3. The summed E-state index contributed by atoms with van der Waals surface area (Å²) >= 11 is 0. The number of aromatic nitrogens is 3. The summed E-state index contributed by atoms with van der Waals surface area (Å²) in [6, 6.07) is 38.1. The normalized spacial score (nSPS) is 10.9. The molecule has 6 N–H and O–H groups in total. The molecule has 368 valence electrons. The molecule has 0 radical (unpaired) electrons. The van der Waals surface area contributed by atoms with Gasteiger partial charge in [-0.3, -0.25) is 19.4 Å². The van der Waals surface area contributed by atoms with Gasteiger partial charge in [0, 0.05) is 0 Å². The average Bonchev–Trinajstić information content (AvgIpc) is 3.33. The molecule has 0 atom stereocenters. The number of rotatable bonds is 18. The van der Waals surface area contributed by atoms with E-state index in [-0.39, 0.29) is 62.1 Å². The Labute approximate surface area is 410 Å². The summed E-state index contributed by atoms with van der Waals surface area (Å²) in [4.78, 5) is 48.5. The molecule has 6 rings (SSSR count). The molecule has 0 saturated carbocycles. The van der Waals surface area contributed by atoms with Gasteiger partial charge in [0.25, 0.3) is 0 Å². The lowest BCUT2D eigenvalue weighted by Crippen LogP contribution is -2.15. The fraction of sp³-hybridized carbons (Fsp3) is 0.308. The number of azo groups is 3. The second-order valence-electron chi connectivity index (χ2n) is 16.5. The number of esters is 3. The number of ether oxygens (including phenoxy) is 3. The fourth-order valence-electron chi connectivity index (χ4n) is 5.30. The van der Waals surface area contributed by atoms with Crippen LogP contribution in [0, 0.1) is 17.8 Å². The van der Waals surface area contributed by atoms with Crippen molar-refractivity contribution in [3.63, 3.8) is 0 Å². The largest absolute Gasteiger partial charge is 0.465 e. The standard InChI is InChI=1S/C23H29N3O4.C17H20N4O2.C11H11N5.CH4/c1-16(2)14-29-22(27)12-19-10-11-20(26-25-18-8-6-5-7-9-18)21(24-19)13-23(28)30-15-17(3)4;1-12(2)11-23-16(22)10-14-8-9-15(17(18)19-14)21-20-13-6-4-3-5-7-13;12-10-7-6-9(11(13)14-10)16-15-8-4-2-1-3-5-8;/h5-11,16-17H,12-15H2,1-4H3;3-9,12H,10-11H2,1-2H3,(H2,18,19);1-7H,(H4,12,13,14);1H4. The van der Waals surface area contributed by atoms with Crippen molar-refractivity contribution in [3.8, 4) is 0 Å². The zero-order chi connectivity index (χ0) is 50.0. The lowest BCUT2D eigenvalue weighted by atomic mass is 10.2. The first-order valence-electron chi connectivity index (χ1n) is 22.3. The third-order valence-corrected chi connectivity index (χ3v) is 8.68. The van der Waals surface area contributed by atoms with Crippen LogP contribution in [0.15, 0.2) is 158 Å². The third kappa shape index (κ3) is 22.0. The molecule has 0 aliphatic rings. The summed E-state index contributed by atoms with van der Waals surface area (Å²) < 4.78 is 15.6. The number of hydrogen-bond donors (Lipinski definition) is 3. The number of hydrogen-bond acceptors (Lipinski definition) is 18. The maximum absolute atomic E-state index is 12.2. The second-order valence-corrected chi connectivity index (χ2v) is 16.5. The first kappa shape index (κ1) is 56.0. The molecule has 3 heterocycles. The number of nitrogens with zero attached hydrogens (tertiary/aromatic N) is 9. The molecule has 0 amide bonds. The van der Waals surface area contributed by atoms with Gasteiger partial charge in [-0.25, -0.2) is 9.97 Å². The van der Waals surface area contributed by atoms with E-state index in [1.165, 1.54) is 0 Å². The molecule has 0 unspecified atom stereocenters. The predicted molar refractivity (Wildman–Crippen MR) is 273 cm³/mol. The van der Waals surface area contributed by atoms with Crippen LogP contribution in [-0.4, -0.2) is 52.7 Å². The lowest BCUT2D eigenvalue weighted by Gasteiger charge is -2.10. The average molecular weight is 953 g/mol. The van der Waals surface area contributed by atoms with Gasteiger partial charge in [-0.15, -0.1) is 15.3 Å². The van der Waals surface area contributed by atoms with Gasteiger partial charge in [0.2, 0.25) is 0 Å². The molecule has 18 nitrogen and oxygen atoms in total. The van der Waals surface area contributed by atoms with Crippen molar-refractivity contribution in [1.82, 2.24) is 15.0 Å². The Kier molecular flexibility index (Phi) is 24.2. The van der Waals surface area contributed by atoms with Gasteiger partial charge < -0.3 is 31.4 Å². The Balaban J connectivity index is 0.000000288. The van der Waals surface area contributed by atoms with Crippen molar-refractivity contribution >= 4 is 69.5 Å². The first-order chi connectivity index (χ1) is 33.1. The Morgan fingerprint density at radius 2 is 0.771 bits per heavy atom. The second kappa shape index (κ2) is 30.2. The molecule has 18 heteroatoms. The van der Waals surface area contributed by atoms with Crippen molar-refractivity contribution < 1.29 is 28.6 Å². The molecular weight excluding hydrogens is 889 g/mol. The molecule has 70 heavy (non-hydrogen) atoms. The van der Waals surface area contributed by atoms with E-state index in [4.69, 9.17) is 31.4 Å². The number of carbonyl (C=O) groups is 3. The first-order valence-corrected chi connectivity index (χ1v) is 22.3. The minimum Gasteiger partial charge on any atom is -0.465 e. The Hall–Kier alpha value is -8.28. The summed E-state index contributed by atoms with van der Waals surface area (Å²) in [7, 11) is 0. The van der Waals surface area contributed by atoms with Crippen LogP contribution in [0.1, 0.15) is 66.1 Å². The Bertz CT molecular complexity index is 2630. The minimum atomic E-state index is -0.396. The van der Waals surface area contributed by atoms with E-state index < -0.39 is 5.97 Å². The Morgan fingerprint density at radius 3 is 1.16 bits per heavy atom. The SMILES string of the molecule is C.CC(C)COC(=O)Cc1ccc(N=Nc2ccccc2)c(CC(=O)OCC(C)C)n1.CC(C)COC(=O)Cc1ccc(N=Nc2ccccc2)c(N)n1.Nc1ccc(N=Nc2ccccc2)c(N)n1. The highest BCUT2D eigenvalue weighted by molar-refractivity contribution is 5.75.